The highest BCUT2D eigenvalue weighted by Crippen LogP contribution is 2.17. The molecule has 0 bridgehead atoms. The van der Waals surface area contributed by atoms with E-state index >= 15 is 0 Å². The number of hydrogen-bond donors (Lipinski definition) is 2. The van der Waals surface area contributed by atoms with Gasteiger partial charge >= 0.3 is 0 Å². The van der Waals surface area contributed by atoms with E-state index in [0.29, 0.717) is 13.2 Å². The van der Waals surface area contributed by atoms with Gasteiger partial charge < -0.3 is 19.8 Å². The van der Waals surface area contributed by atoms with Crippen LogP contribution in [0.3, 0.4) is 0 Å². The smallest absolute Gasteiger partial charge is 0.190 e. The number of guanidine groups is 1. The highest BCUT2D eigenvalue weighted by atomic mass is 32.1. The van der Waals surface area contributed by atoms with Gasteiger partial charge in [0, 0.05) is 38.0 Å². The Morgan fingerprint density at radius 3 is 2.88 bits per heavy atom. The lowest BCUT2D eigenvalue weighted by Crippen LogP contribution is -2.39. The first-order valence-electron chi connectivity index (χ1n) is 8.72. The van der Waals surface area contributed by atoms with E-state index in [1.807, 2.05) is 12.1 Å². The third-order valence-electron chi connectivity index (χ3n) is 3.71. The molecular formula is C18H28N4O2S. The molecule has 0 aromatic carbocycles. The quantitative estimate of drug-likeness (QED) is 0.385. The highest BCUT2D eigenvalue weighted by Gasteiger charge is 2.06. The molecule has 0 fully saturated rings. The molecule has 0 aliphatic heterocycles. The molecule has 25 heavy (non-hydrogen) atoms. The van der Waals surface area contributed by atoms with Crippen LogP contribution >= 0.6 is 11.3 Å². The van der Waals surface area contributed by atoms with Gasteiger partial charge in [0.1, 0.15) is 12.4 Å². The summed E-state index contributed by atoms with van der Waals surface area (Å²) in [5.41, 5.74) is 1.22. The first kappa shape index (κ1) is 19.5. The zero-order valence-electron chi connectivity index (χ0n) is 15.3. The van der Waals surface area contributed by atoms with Crippen molar-refractivity contribution in [3.63, 3.8) is 0 Å². The van der Waals surface area contributed by atoms with Gasteiger partial charge in [0.15, 0.2) is 5.96 Å². The predicted molar refractivity (Wildman–Crippen MR) is 102 cm³/mol. The van der Waals surface area contributed by atoms with Gasteiger partial charge in [-0.15, -0.1) is 11.3 Å². The van der Waals surface area contributed by atoms with Gasteiger partial charge in [-0.2, -0.15) is 0 Å². The Hall–Kier alpha value is -1.86. The molecule has 2 N–H and O–H groups in total. The van der Waals surface area contributed by atoms with E-state index in [-0.39, 0.29) is 0 Å². The monoisotopic (exact) mass is 364 g/mol. The molecule has 2 aromatic rings. The van der Waals surface area contributed by atoms with Crippen LogP contribution in [-0.2, 0) is 24.2 Å². The maximum absolute atomic E-state index is 5.56. The first-order chi connectivity index (χ1) is 12.2. The number of nitrogens with zero attached hydrogens (tertiary/aromatic N) is 2. The topological polar surface area (TPSA) is 71.7 Å². The maximum Gasteiger partial charge on any atom is 0.190 e. The Morgan fingerprint density at radius 2 is 2.20 bits per heavy atom. The summed E-state index contributed by atoms with van der Waals surface area (Å²) < 4.78 is 10.8. The number of nitrogens with one attached hydrogen (secondary N) is 2. The van der Waals surface area contributed by atoms with Gasteiger partial charge in [-0.05, 0) is 31.9 Å². The molecule has 2 rings (SSSR count). The van der Waals surface area contributed by atoms with Crippen molar-refractivity contribution in [1.29, 1.82) is 0 Å². The van der Waals surface area contributed by atoms with Gasteiger partial charge in [0.2, 0.25) is 0 Å². The van der Waals surface area contributed by atoms with E-state index < -0.39 is 0 Å². The molecule has 0 radical (unpaired) electrons. The summed E-state index contributed by atoms with van der Waals surface area (Å²) in [6.07, 6.45) is 4.48. The van der Waals surface area contributed by atoms with Gasteiger partial charge in [-0.25, -0.2) is 4.98 Å². The lowest BCUT2D eigenvalue weighted by atomic mass is 10.3. The minimum absolute atomic E-state index is 0.521. The number of hydrogen-bond acceptors (Lipinski definition) is 5. The summed E-state index contributed by atoms with van der Waals surface area (Å²) in [4.78, 5) is 10.2. The van der Waals surface area contributed by atoms with Crippen LogP contribution < -0.4 is 10.6 Å². The molecule has 0 saturated heterocycles. The zero-order valence-corrected chi connectivity index (χ0v) is 16.1. The molecule has 6 nitrogen and oxygen atoms in total. The third kappa shape index (κ3) is 6.88. The number of aryl methyl sites for hydroxylation is 2. The minimum atomic E-state index is 0.521. The van der Waals surface area contributed by atoms with Crippen LogP contribution in [0.5, 0.6) is 0 Å². The van der Waals surface area contributed by atoms with Crippen LogP contribution in [0.4, 0.5) is 0 Å². The van der Waals surface area contributed by atoms with Crippen LogP contribution in [0.2, 0.25) is 0 Å². The largest absolute Gasteiger partial charge is 0.467 e. The highest BCUT2D eigenvalue weighted by molar-refractivity contribution is 7.11. The van der Waals surface area contributed by atoms with Crippen LogP contribution in [0.25, 0.3) is 0 Å². The lowest BCUT2D eigenvalue weighted by Gasteiger charge is -2.11. The van der Waals surface area contributed by atoms with Crippen molar-refractivity contribution in [2.75, 3.05) is 26.7 Å². The molecule has 0 atom stereocenters. The normalized spacial score (nSPS) is 11.7. The van der Waals surface area contributed by atoms with E-state index in [1.54, 1.807) is 24.6 Å². The summed E-state index contributed by atoms with van der Waals surface area (Å²) in [5, 5.41) is 7.81. The van der Waals surface area contributed by atoms with Crippen LogP contribution in [0.15, 0.2) is 27.8 Å². The molecule has 138 valence electrons. The van der Waals surface area contributed by atoms with Crippen molar-refractivity contribution in [2.45, 2.75) is 39.7 Å². The third-order valence-corrected chi connectivity index (χ3v) is 4.78. The molecule has 2 aromatic heterocycles. The van der Waals surface area contributed by atoms with Crippen molar-refractivity contribution < 1.29 is 9.15 Å². The van der Waals surface area contributed by atoms with E-state index in [9.17, 15) is 0 Å². The number of rotatable bonds is 10. The van der Waals surface area contributed by atoms with E-state index in [2.05, 4.69) is 34.5 Å². The van der Waals surface area contributed by atoms with Gasteiger partial charge in [0.05, 0.1) is 17.0 Å². The number of aliphatic imine (C=N–C) groups is 1. The average Bonchev–Trinajstić information content (AvgIpc) is 3.25. The minimum Gasteiger partial charge on any atom is -0.467 e. The van der Waals surface area contributed by atoms with Crippen LogP contribution in [-0.4, -0.2) is 37.7 Å². The molecular weight excluding hydrogens is 336 g/mol. The zero-order chi connectivity index (χ0) is 17.9. The Kier molecular flexibility index (Phi) is 8.48. The Morgan fingerprint density at radius 1 is 1.36 bits per heavy atom. The lowest BCUT2D eigenvalue weighted by molar-refractivity contribution is 0.105. The van der Waals surface area contributed by atoms with Crippen molar-refractivity contribution in [1.82, 2.24) is 15.6 Å². The van der Waals surface area contributed by atoms with E-state index in [0.717, 1.165) is 44.1 Å². The SMILES string of the molecule is CCc1nc(CCNC(=NC)NCCCOCc2ccco2)sc1C. The second-order valence-corrected chi connectivity index (χ2v) is 6.91. The first-order valence-corrected chi connectivity index (χ1v) is 9.54. The van der Waals surface area contributed by atoms with Crippen molar-refractivity contribution in [3.8, 4) is 0 Å². The van der Waals surface area contributed by atoms with Crippen molar-refractivity contribution >= 4 is 17.3 Å². The Bertz CT molecular complexity index is 638. The van der Waals surface area contributed by atoms with Crippen molar-refractivity contribution in [3.05, 3.63) is 39.7 Å². The van der Waals surface area contributed by atoms with Crippen LogP contribution in [0.1, 0.15) is 34.7 Å². The molecule has 0 aliphatic carbocycles. The Labute approximate surface area is 153 Å². The fourth-order valence-corrected chi connectivity index (χ4v) is 3.40. The maximum atomic E-state index is 5.56. The second-order valence-electron chi connectivity index (χ2n) is 5.63. The number of aromatic nitrogens is 1. The number of thiazole rings is 1. The second kappa shape index (κ2) is 10.9. The standard InChI is InChI=1S/C18H28N4O2S/c1-4-16-14(2)25-17(22-16)8-10-21-18(19-3)20-9-6-11-23-13-15-7-5-12-24-15/h5,7,12H,4,6,8-11,13H2,1-3H3,(H2,19,20,21). The fraction of sp³-hybridized carbons (Fsp3) is 0.556. The van der Waals surface area contributed by atoms with Crippen LogP contribution in [0, 0.1) is 6.92 Å². The predicted octanol–water partition coefficient (Wildman–Crippen LogP) is 2.92. The van der Waals surface area contributed by atoms with Gasteiger partial charge in [-0.3, -0.25) is 4.99 Å². The average molecular weight is 365 g/mol. The molecule has 7 heteroatoms. The molecule has 0 unspecified atom stereocenters. The molecule has 0 saturated carbocycles. The summed E-state index contributed by atoms with van der Waals surface area (Å²) in [6.45, 7) is 7.13. The van der Waals surface area contributed by atoms with Crippen molar-refractivity contribution in [2.24, 2.45) is 4.99 Å². The molecule has 0 amide bonds. The van der Waals surface area contributed by atoms with Gasteiger partial charge in [0.25, 0.3) is 0 Å². The summed E-state index contributed by atoms with van der Waals surface area (Å²) >= 11 is 1.79. The van der Waals surface area contributed by atoms with Gasteiger partial charge in [-0.1, -0.05) is 6.92 Å². The fourth-order valence-electron chi connectivity index (χ4n) is 2.38. The summed E-state index contributed by atoms with van der Waals surface area (Å²) in [7, 11) is 1.78. The number of ether oxygens (including phenoxy) is 1. The molecule has 2 heterocycles. The molecule has 0 spiro atoms. The summed E-state index contributed by atoms with van der Waals surface area (Å²) in [6, 6.07) is 3.78. The summed E-state index contributed by atoms with van der Waals surface area (Å²) in [5.74, 6) is 1.67. The number of furan rings is 1. The van der Waals surface area contributed by atoms with E-state index in [1.165, 1.54) is 15.6 Å². The van der Waals surface area contributed by atoms with E-state index in [4.69, 9.17) is 9.15 Å². The molecule has 0 aliphatic rings. The Balaban J connectivity index is 1.55.